The highest BCUT2D eigenvalue weighted by Crippen LogP contribution is 2.39. The van der Waals surface area contributed by atoms with E-state index < -0.39 is 0 Å². The molecule has 2 rings (SSSR count). The molecule has 0 aromatic heterocycles. The number of hydrogen-bond donors (Lipinski definition) is 0. The van der Waals surface area contributed by atoms with Gasteiger partial charge in [0.25, 0.3) is 0 Å². The number of piperidine rings is 1. The molecule has 116 valence electrons. The van der Waals surface area contributed by atoms with Gasteiger partial charge in [0.2, 0.25) is 0 Å². The molecule has 20 heavy (non-hydrogen) atoms. The Morgan fingerprint density at radius 1 is 1.25 bits per heavy atom. The summed E-state index contributed by atoms with van der Waals surface area (Å²) in [4.78, 5) is 14.6. The molecule has 0 aromatic carbocycles. The highest BCUT2D eigenvalue weighted by atomic mass is 16.5. The molecule has 1 aliphatic carbocycles. The van der Waals surface area contributed by atoms with Crippen LogP contribution in [0.15, 0.2) is 0 Å². The number of nitrogens with zero attached hydrogens (tertiary/aromatic N) is 1. The Morgan fingerprint density at radius 2 is 2.00 bits per heavy atom. The number of carbonyl (C=O) groups excluding carboxylic acids is 1. The van der Waals surface area contributed by atoms with E-state index in [2.05, 4.69) is 4.90 Å². The molecule has 4 heteroatoms. The smallest absolute Gasteiger partial charge is 0.307 e. The molecule has 2 fully saturated rings. The second-order valence-corrected chi connectivity index (χ2v) is 6.21. The maximum Gasteiger partial charge on any atom is 0.307 e. The molecular formula is C16H29NO3. The van der Waals surface area contributed by atoms with Gasteiger partial charge in [-0.15, -0.1) is 0 Å². The second-order valence-electron chi connectivity index (χ2n) is 6.21. The quantitative estimate of drug-likeness (QED) is 0.727. The van der Waals surface area contributed by atoms with E-state index in [-0.39, 0.29) is 11.5 Å². The standard InChI is InChI=1S/C16H29NO3/c1-3-20-15(18)13-16(17-10-5-4-6-11-17)9-7-8-14(12-16)19-2/h14H,3-13H2,1-2H3. The molecule has 0 bridgehead atoms. The van der Waals surface area contributed by atoms with Gasteiger partial charge in [-0.3, -0.25) is 9.69 Å². The third kappa shape index (κ3) is 3.73. The van der Waals surface area contributed by atoms with Crippen LogP contribution in [-0.2, 0) is 14.3 Å². The van der Waals surface area contributed by atoms with E-state index in [1.54, 1.807) is 7.11 Å². The number of rotatable bonds is 5. The highest BCUT2D eigenvalue weighted by Gasteiger charge is 2.43. The monoisotopic (exact) mass is 283 g/mol. The predicted molar refractivity (Wildman–Crippen MR) is 78.7 cm³/mol. The number of ether oxygens (including phenoxy) is 2. The third-order valence-electron chi connectivity index (χ3n) is 4.91. The summed E-state index contributed by atoms with van der Waals surface area (Å²) < 4.78 is 10.8. The van der Waals surface area contributed by atoms with Crippen LogP contribution in [0.4, 0.5) is 0 Å². The molecule has 0 amide bonds. The van der Waals surface area contributed by atoms with Crippen LogP contribution in [0, 0.1) is 0 Å². The Balaban J connectivity index is 2.10. The van der Waals surface area contributed by atoms with Crippen LogP contribution >= 0.6 is 0 Å². The van der Waals surface area contributed by atoms with E-state index >= 15 is 0 Å². The summed E-state index contributed by atoms with van der Waals surface area (Å²) in [6.45, 7) is 4.60. The van der Waals surface area contributed by atoms with Gasteiger partial charge >= 0.3 is 5.97 Å². The molecule has 0 aromatic rings. The Hall–Kier alpha value is -0.610. The van der Waals surface area contributed by atoms with E-state index in [9.17, 15) is 4.79 Å². The summed E-state index contributed by atoms with van der Waals surface area (Å²) in [5, 5.41) is 0. The van der Waals surface area contributed by atoms with Crippen molar-refractivity contribution < 1.29 is 14.3 Å². The van der Waals surface area contributed by atoms with Crippen LogP contribution < -0.4 is 0 Å². The first-order valence-electron chi connectivity index (χ1n) is 8.13. The summed E-state index contributed by atoms with van der Waals surface area (Å²) in [6, 6.07) is 0. The number of hydrogen-bond acceptors (Lipinski definition) is 4. The fourth-order valence-electron chi connectivity index (χ4n) is 3.90. The van der Waals surface area contributed by atoms with E-state index in [1.807, 2.05) is 6.92 Å². The Bertz CT molecular complexity index is 315. The number of methoxy groups -OCH3 is 1. The first-order chi connectivity index (χ1) is 9.70. The topological polar surface area (TPSA) is 38.8 Å². The van der Waals surface area contributed by atoms with Gasteiger partial charge in [-0.1, -0.05) is 6.42 Å². The largest absolute Gasteiger partial charge is 0.466 e. The fraction of sp³-hybridized carbons (Fsp3) is 0.938. The number of carbonyl (C=O) groups is 1. The normalized spacial score (nSPS) is 32.0. The average molecular weight is 283 g/mol. The minimum Gasteiger partial charge on any atom is -0.466 e. The SMILES string of the molecule is CCOC(=O)CC1(N2CCCCC2)CCCC(OC)C1. The molecule has 4 nitrogen and oxygen atoms in total. The maximum absolute atomic E-state index is 12.1. The molecule has 2 atom stereocenters. The van der Waals surface area contributed by atoms with Crippen molar-refractivity contribution in [3.8, 4) is 0 Å². The molecule has 1 heterocycles. The molecule has 1 aliphatic heterocycles. The van der Waals surface area contributed by atoms with Gasteiger partial charge in [0, 0.05) is 12.6 Å². The van der Waals surface area contributed by atoms with E-state index in [4.69, 9.17) is 9.47 Å². The highest BCUT2D eigenvalue weighted by molar-refractivity contribution is 5.71. The van der Waals surface area contributed by atoms with Crippen molar-refractivity contribution in [3.05, 3.63) is 0 Å². The number of likely N-dealkylation sites (tertiary alicyclic amines) is 1. The Kier molecular flexibility index (Phi) is 5.85. The minimum absolute atomic E-state index is 0.0222. The second kappa shape index (κ2) is 7.41. The Labute approximate surface area is 122 Å². The van der Waals surface area contributed by atoms with Crippen LogP contribution in [-0.4, -0.2) is 49.3 Å². The van der Waals surface area contributed by atoms with E-state index in [0.717, 1.165) is 38.8 Å². The lowest BCUT2D eigenvalue weighted by molar-refractivity contribution is -0.149. The third-order valence-corrected chi connectivity index (χ3v) is 4.91. The predicted octanol–water partition coefficient (Wildman–Crippen LogP) is 2.75. The van der Waals surface area contributed by atoms with Crippen molar-refractivity contribution in [3.63, 3.8) is 0 Å². The Morgan fingerprint density at radius 3 is 2.65 bits per heavy atom. The van der Waals surface area contributed by atoms with Crippen molar-refractivity contribution in [1.82, 2.24) is 4.90 Å². The molecular weight excluding hydrogens is 254 g/mol. The summed E-state index contributed by atoms with van der Waals surface area (Å²) in [5.74, 6) is -0.0465. The number of esters is 1. The first kappa shape index (κ1) is 15.8. The maximum atomic E-state index is 12.1. The van der Waals surface area contributed by atoms with Crippen LogP contribution in [0.25, 0.3) is 0 Å². The van der Waals surface area contributed by atoms with E-state index in [1.165, 1.54) is 19.3 Å². The molecule has 1 saturated heterocycles. The van der Waals surface area contributed by atoms with Crippen LogP contribution in [0.3, 0.4) is 0 Å². The van der Waals surface area contributed by atoms with Gasteiger partial charge in [0.15, 0.2) is 0 Å². The van der Waals surface area contributed by atoms with Crippen molar-refractivity contribution in [2.75, 3.05) is 26.8 Å². The summed E-state index contributed by atoms with van der Waals surface area (Å²) in [5.41, 5.74) is -0.0222. The lowest BCUT2D eigenvalue weighted by Crippen LogP contribution is -2.55. The van der Waals surface area contributed by atoms with Crippen molar-refractivity contribution in [1.29, 1.82) is 0 Å². The van der Waals surface area contributed by atoms with Crippen LogP contribution in [0.2, 0.25) is 0 Å². The zero-order valence-corrected chi connectivity index (χ0v) is 13.0. The summed E-state index contributed by atoms with van der Waals surface area (Å²) in [6.07, 6.45) is 8.99. The van der Waals surface area contributed by atoms with Gasteiger partial charge in [-0.05, 0) is 58.5 Å². The van der Waals surface area contributed by atoms with Gasteiger partial charge in [0.1, 0.15) is 0 Å². The zero-order chi connectivity index (χ0) is 14.4. The lowest BCUT2D eigenvalue weighted by atomic mass is 9.75. The minimum atomic E-state index is -0.0465. The van der Waals surface area contributed by atoms with Crippen molar-refractivity contribution in [2.45, 2.75) is 69.9 Å². The lowest BCUT2D eigenvalue weighted by Gasteiger charge is -2.49. The van der Waals surface area contributed by atoms with Crippen LogP contribution in [0.1, 0.15) is 58.3 Å². The molecule has 2 unspecified atom stereocenters. The van der Waals surface area contributed by atoms with Gasteiger partial charge in [-0.25, -0.2) is 0 Å². The molecule has 0 spiro atoms. The summed E-state index contributed by atoms with van der Waals surface area (Å²) in [7, 11) is 1.79. The molecule has 1 saturated carbocycles. The van der Waals surface area contributed by atoms with Crippen molar-refractivity contribution >= 4 is 5.97 Å². The van der Waals surface area contributed by atoms with Crippen molar-refractivity contribution in [2.24, 2.45) is 0 Å². The van der Waals surface area contributed by atoms with E-state index in [0.29, 0.717) is 19.1 Å². The van der Waals surface area contributed by atoms with Crippen LogP contribution in [0.5, 0.6) is 0 Å². The zero-order valence-electron chi connectivity index (χ0n) is 13.0. The van der Waals surface area contributed by atoms with Gasteiger partial charge in [-0.2, -0.15) is 0 Å². The van der Waals surface area contributed by atoms with Gasteiger partial charge < -0.3 is 9.47 Å². The first-order valence-corrected chi connectivity index (χ1v) is 8.13. The molecule has 0 N–H and O–H groups in total. The summed E-state index contributed by atoms with van der Waals surface area (Å²) >= 11 is 0. The fourth-order valence-corrected chi connectivity index (χ4v) is 3.90. The average Bonchev–Trinajstić information content (AvgIpc) is 2.48. The molecule has 0 radical (unpaired) electrons. The molecule has 2 aliphatic rings. The van der Waals surface area contributed by atoms with Gasteiger partial charge in [0.05, 0.1) is 19.1 Å².